The molecular formula is C25H20N6O6S2. The molecule has 5 rings (SSSR count). The van der Waals surface area contributed by atoms with Crippen molar-refractivity contribution in [2.45, 2.75) is 11.7 Å². The Labute approximate surface area is 228 Å². The number of benzene rings is 2. The number of furan rings is 1. The number of thioether (sulfide) groups is 1. The van der Waals surface area contributed by atoms with E-state index in [9.17, 15) is 19.2 Å². The largest absolute Gasteiger partial charge is 0.467 e. The molecule has 0 aliphatic rings. The number of ether oxygens (including phenoxy) is 1. The number of imide groups is 1. The molecule has 3 heterocycles. The third kappa shape index (κ3) is 6.42. The van der Waals surface area contributed by atoms with E-state index in [1.807, 2.05) is 28.7 Å². The van der Waals surface area contributed by atoms with E-state index in [2.05, 4.69) is 26.1 Å². The molecule has 12 nitrogen and oxygen atoms in total. The van der Waals surface area contributed by atoms with E-state index in [1.165, 1.54) is 41.5 Å². The van der Waals surface area contributed by atoms with Crippen LogP contribution in [0.2, 0.25) is 0 Å². The first-order chi connectivity index (χ1) is 19.0. The predicted octanol–water partition coefficient (Wildman–Crippen LogP) is 3.45. The summed E-state index contributed by atoms with van der Waals surface area (Å²) in [6.45, 7) is -0.540. The quantitative estimate of drug-likeness (QED) is 0.180. The Kier molecular flexibility index (Phi) is 7.84. The van der Waals surface area contributed by atoms with Gasteiger partial charge in [-0.1, -0.05) is 35.2 Å². The second-order valence-corrected chi connectivity index (χ2v) is 9.92. The number of anilines is 1. The molecule has 0 saturated carbocycles. The second-order valence-electron chi connectivity index (χ2n) is 7.97. The molecule has 0 fully saturated rings. The summed E-state index contributed by atoms with van der Waals surface area (Å²) >= 11 is 2.79. The number of aromatic nitrogens is 3. The number of nitrogens with zero attached hydrogens (tertiary/aromatic N) is 3. The van der Waals surface area contributed by atoms with Crippen LogP contribution < -0.4 is 16.0 Å². The fourth-order valence-electron chi connectivity index (χ4n) is 3.47. The Morgan fingerprint density at radius 2 is 1.79 bits per heavy atom. The zero-order chi connectivity index (χ0) is 27.2. The van der Waals surface area contributed by atoms with Crippen LogP contribution in [0.5, 0.6) is 0 Å². The van der Waals surface area contributed by atoms with E-state index in [1.54, 1.807) is 24.3 Å². The molecule has 0 bridgehead atoms. The average molecular weight is 565 g/mol. The number of esters is 1. The molecule has 0 aliphatic carbocycles. The Hall–Kier alpha value is -4.69. The lowest BCUT2D eigenvalue weighted by Crippen LogP contribution is -2.41. The minimum absolute atomic E-state index is 0.101. The Morgan fingerprint density at radius 3 is 2.59 bits per heavy atom. The average Bonchev–Trinajstić information content (AvgIpc) is 3.67. The Bertz CT molecular complexity index is 1640. The maximum atomic E-state index is 12.5. The van der Waals surface area contributed by atoms with E-state index in [0.29, 0.717) is 16.6 Å². The van der Waals surface area contributed by atoms with Crippen LogP contribution in [0.3, 0.4) is 0 Å². The van der Waals surface area contributed by atoms with Gasteiger partial charge in [-0.3, -0.25) is 19.3 Å². The van der Waals surface area contributed by atoms with Gasteiger partial charge >= 0.3 is 12.0 Å². The van der Waals surface area contributed by atoms with Crippen molar-refractivity contribution >= 4 is 67.8 Å². The monoisotopic (exact) mass is 564 g/mol. The van der Waals surface area contributed by atoms with E-state index >= 15 is 0 Å². The topological polar surface area (TPSA) is 157 Å². The normalized spacial score (nSPS) is 10.9. The van der Waals surface area contributed by atoms with Crippen molar-refractivity contribution in [3.8, 4) is 0 Å². The fraction of sp³-hybridized carbons (Fsp3) is 0.120. The van der Waals surface area contributed by atoms with Crippen LogP contribution in [0.1, 0.15) is 16.1 Å². The predicted molar refractivity (Wildman–Crippen MR) is 144 cm³/mol. The van der Waals surface area contributed by atoms with Gasteiger partial charge in [0.2, 0.25) is 10.9 Å². The molecule has 39 heavy (non-hydrogen) atoms. The van der Waals surface area contributed by atoms with Crippen molar-refractivity contribution < 1.29 is 28.3 Å². The first kappa shape index (κ1) is 25.9. The molecular weight excluding hydrogens is 544 g/mol. The number of carbonyl (C=O) groups excluding carboxylic acids is 4. The van der Waals surface area contributed by atoms with E-state index in [0.717, 1.165) is 15.2 Å². The molecule has 0 saturated heterocycles. The lowest BCUT2D eigenvalue weighted by molar-refractivity contribution is -0.123. The molecule has 0 aliphatic heterocycles. The smallest absolute Gasteiger partial charge is 0.338 e. The molecule has 0 spiro atoms. The first-order valence-corrected chi connectivity index (χ1v) is 13.3. The number of hydrogen-bond donors (Lipinski definition) is 3. The molecule has 0 radical (unpaired) electrons. The summed E-state index contributed by atoms with van der Waals surface area (Å²) in [4.78, 5) is 49.1. The molecule has 0 unspecified atom stereocenters. The molecule has 198 valence electrons. The number of fused-ring (bicyclic) bond motifs is 3. The number of para-hydroxylation sites is 1. The first-order valence-electron chi connectivity index (χ1n) is 11.5. The summed E-state index contributed by atoms with van der Waals surface area (Å²) in [6, 6.07) is 16.5. The number of thiazole rings is 1. The van der Waals surface area contributed by atoms with Crippen molar-refractivity contribution in [1.29, 1.82) is 0 Å². The highest BCUT2D eigenvalue weighted by Crippen LogP contribution is 2.29. The molecule has 3 N–H and O–H groups in total. The molecule has 5 aromatic rings. The van der Waals surface area contributed by atoms with Crippen LogP contribution in [0.4, 0.5) is 10.5 Å². The van der Waals surface area contributed by atoms with E-state index < -0.39 is 24.5 Å². The van der Waals surface area contributed by atoms with E-state index in [4.69, 9.17) is 9.15 Å². The fourth-order valence-corrected chi connectivity index (χ4v) is 5.24. The highest BCUT2D eigenvalue weighted by atomic mass is 32.2. The standard InChI is InChI=1S/C25H20N6O6S2/c32-20(28-23(35)26-12-17-4-3-11-36-17)13-37-22(34)15-7-9-16(10-8-15)27-21(33)14-38-24-29-30-25-31(24)18-5-1-2-6-19(18)39-25/h1-11H,12-14H2,(H,27,33)(H2,26,28,32,35). The van der Waals surface area contributed by atoms with E-state index in [-0.39, 0.29) is 23.8 Å². The van der Waals surface area contributed by atoms with Crippen molar-refractivity contribution in [3.05, 3.63) is 78.3 Å². The van der Waals surface area contributed by atoms with Crippen molar-refractivity contribution in [2.75, 3.05) is 17.7 Å². The number of amides is 4. The Balaban J connectivity index is 1.06. The number of rotatable bonds is 9. The Morgan fingerprint density at radius 1 is 0.974 bits per heavy atom. The summed E-state index contributed by atoms with van der Waals surface area (Å²) in [5.41, 5.74) is 1.64. The second kappa shape index (κ2) is 11.8. The minimum Gasteiger partial charge on any atom is -0.467 e. The van der Waals surface area contributed by atoms with Gasteiger partial charge in [-0.15, -0.1) is 10.2 Å². The highest BCUT2D eigenvalue weighted by molar-refractivity contribution is 7.99. The van der Waals surface area contributed by atoms with Gasteiger partial charge < -0.3 is 19.8 Å². The van der Waals surface area contributed by atoms with Gasteiger partial charge in [0.05, 0.1) is 34.3 Å². The van der Waals surface area contributed by atoms with Gasteiger partial charge in [0.25, 0.3) is 5.91 Å². The van der Waals surface area contributed by atoms with Crippen molar-refractivity contribution in [2.24, 2.45) is 0 Å². The zero-order valence-electron chi connectivity index (χ0n) is 20.1. The van der Waals surface area contributed by atoms with Gasteiger partial charge in [-0.05, 0) is 48.5 Å². The lowest BCUT2D eigenvalue weighted by atomic mass is 10.2. The SMILES string of the molecule is O=C(COC(=O)c1ccc(NC(=O)CSc2nnc3sc4ccccc4n23)cc1)NC(=O)NCc1ccco1. The van der Waals surface area contributed by atoms with Crippen LogP contribution in [-0.4, -0.2) is 50.8 Å². The van der Waals surface area contributed by atoms with Crippen LogP contribution in [0, 0.1) is 0 Å². The number of hydrogen-bond acceptors (Lipinski definition) is 10. The minimum atomic E-state index is -0.790. The number of nitrogens with one attached hydrogen (secondary N) is 3. The summed E-state index contributed by atoms with van der Waals surface area (Å²) in [7, 11) is 0. The van der Waals surface area contributed by atoms with Crippen LogP contribution in [0.25, 0.3) is 15.2 Å². The summed E-state index contributed by atoms with van der Waals surface area (Å²) in [5.74, 6) is -1.17. The van der Waals surface area contributed by atoms with Gasteiger partial charge in [-0.2, -0.15) is 0 Å². The molecule has 14 heteroatoms. The molecule has 3 aromatic heterocycles. The zero-order valence-corrected chi connectivity index (χ0v) is 21.7. The highest BCUT2D eigenvalue weighted by Gasteiger charge is 2.15. The molecule has 2 aromatic carbocycles. The number of urea groups is 1. The van der Waals surface area contributed by atoms with Crippen LogP contribution in [0.15, 0.2) is 76.5 Å². The number of carbonyl (C=O) groups is 4. The third-order valence-corrected chi connectivity index (χ3v) is 7.18. The molecule has 0 atom stereocenters. The summed E-state index contributed by atoms with van der Waals surface area (Å²) in [5, 5.41) is 16.2. The van der Waals surface area contributed by atoms with Gasteiger partial charge in [0.1, 0.15) is 5.76 Å². The third-order valence-electron chi connectivity index (χ3n) is 5.24. The maximum absolute atomic E-state index is 12.5. The van der Waals surface area contributed by atoms with Crippen LogP contribution >= 0.6 is 23.1 Å². The summed E-state index contributed by atoms with van der Waals surface area (Å²) < 4.78 is 13.0. The maximum Gasteiger partial charge on any atom is 0.338 e. The van der Waals surface area contributed by atoms with Gasteiger partial charge in [0.15, 0.2) is 11.8 Å². The van der Waals surface area contributed by atoms with Crippen molar-refractivity contribution in [3.63, 3.8) is 0 Å². The summed E-state index contributed by atoms with van der Waals surface area (Å²) in [6.07, 6.45) is 1.46. The van der Waals surface area contributed by atoms with Gasteiger partial charge in [0, 0.05) is 5.69 Å². The lowest BCUT2D eigenvalue weighted by Gasteiger charge is -2.08. The van der Waals surface area contributed by atoms with Gasteiger partial charge in [-0.25, -0.2) is 9.59 Å². The van der Waals surface area contributed by atoms with Crippen LogP contribution in [-0.2, 0) is 20.9 Å². The van der Waals surface area contributed by atoms with Crippen molar-refractivity contribution in [1.82, 2.24) is 25.2 Å². The molecule has 4 amide bonds.